The van der Waals surface area contributed by atoms with E-state index in [1.54, 1.807) is 0 Å². The summed E-state index contributed by atoms with van der Waals surface area (Å²) in [6, 6.07) is 2.89. The lowest BCUT2D eigenvalue weighted by molar-refractivity contribution is 0.406. The molecule has 0 saturated carbocycles. The van der Waals surface area contributed by atoms with E-state index in [-0.39, 0.29) is 15.8 Å². The largest absolute Gasteiger partial charge is 0.496 e. The summed E-state index contributed by atoms with van der Waals surface area (Å²) in [6.07, 6.45) is 0. The number of methoxy groups -OCH3 is 1. The Kier molecular flexibility index (Phi) is 3.97. The first-order chi connectivity index (χ1) is 6.85. The van der Waals surface area contributed by atoms with E-state index in [0.717, 1.165) is 0 Å². The summed E-state index contributed by atoms with van der Waals surface area (Å²) in [6.45, 7) is 0. The molecule has 0 spiro atoms. The second kappa shape index (κ2) is 4.67. The van der Waals surface area contributed by atoms with Gasteiger partial charge in [0.05, 0.1) is 17.3 Å². The molecule has 0 atom stereocenters. The van der Waals surface area contributed by atoms with Gasteiger partial charge in [-0.05, 0) is 28.1 Å². The van der Waals surface area contributed by atoms with Crippen LogP contribution in [0.15, 0.2) is 16.6 Å². The van der Waals surface area contributed by atoms with Crippen LogP contribution in [0, 0.1) is 5.82 Å². The number of ether oxygens (including phenoxy) is 1. The van der Waals surface area contributed by atoms with E-state index in [1.165, 1.54) is 19.2 Å². The van der Waals surface area contributed by atoms with Gasteiger partial charge < -0.3 is 4.74 Å². The third kappa shape index (κ3) is 3.32. The van der Waals surface area contributed by atoms with Gasteiger partial charge in [-0.25, -0.2) is 12.8 Å². The molecule has 0 bridgehead atoms. The Bertz CT molecular complexity index is 475. The molecule has 0 saturated heterocycles. The molecule has 0 aliphatic rings. The molecule has 15 heavy (non-hydrogen) atoms. The fourth-order valence-electron chi connectivity index (χ4n) is 1.07. The van der Waals surface area contributed by atoms with Crippen molar-refractivity contribution in [1.29, 1.82) is 0 Å². The maximum absolute atomic E-state index is 13.5. The predicted octanol–water partition coefficient (Wildman–Crippen LogP) is 2.67. The highest BCUT2D eigenvalue weighted by atomic mass is 79.9. The molecule has 0 radical (unpaired) electrons. The van der Waals surface area contributed by atoms with E-state index in [4.69, 9.17) is 15.4 Å². The first-order valence-corrected chi connectivity index (χ1v) is 7.05. The third-order valence-corrected chi connectivity index (χ3v) is 3.26. The molecule has 84 valence electrons. The Morgan fingerprint density at radius 2 is 2.13 bits per heavy atom. The Morgan fingerprint density at radius 3 is 2.60 bits per heavy atom. The summed E-state index contributed by atoms with van der Waals surface area (Å²) in [4.78, 5) is 0. The van der Waals surface area contributed by atoms with Gasteiger partial charge in [0.2, 0.25) is 9.05 Å². The van der Waals surface area contributed by atoms with Gasteiger partial charge >= 0.3 is 0 Å². The molecule has 1 aromatic carbocycles. The van der Waals surface area contributed by atoms with Crippen molar-refractivity contribution in [1.82, 2.24) is 0 Å². The molecule has 0 N–H and O–H groups in total. The van der Waals surface area contributed by atoms with E-state index in [0.29, 0.717) is 0 Å². The fraction of sp³-hybridized carbons (Fsp3) is 0.250. The minimum atomic E-state index is -3.82. The lowest BCUT2D eigenvalue weighted by Gasteiger charge is -2.08. The van der Waals surface area contributed by atoms with Crippen LogP contribution in [0.5, 0.6) is 5.75 Å². The van der Waals surface area contributed by atoms with Gasteiger partial charge in [0, 0.05) is 16.2 Å². The molecule has 1 rings (SSSR count). The van der Waals surface area contributed by atoms with Crippen molar-refractivity contribution >= 4 is 35.7 Å². The van der Waals surface area contributed by atoms with Gasteiger partial charge in [0.1, 0.15) is 11.6 Å². The topological polar surface area (TPSA) is 43.4 Å². The van der Waals surface area contributed by atoms with Gasteiger partial charge in [-0.3, -0.25) is 0 Å². The lowest BCUT2D eigenvalue weighted by atomic mass is 10.2. The molecule has 0 heterocycles. The zero-order valence-corrected chi connectivity index (χ0v) is 10.8. The van der Waals surface area contributed by atoms with Crippen LogP contribution in [-0.4, -0.2) is 15.5 Å². The van der Waals surface area contributed by atoms with E-state index in [9.17, 15) is 12.8 Å². The summed E-state index contributed by atoms with van der Waals surface area (Å²) in [5, 5.41) is 0. The van der Waals surface area contributed by atoms with Crippen LogP contribution in [0.25, 0.3) is 0 Å². The summed E-state index contributed by atoms with van der Waals surface area (Å²) >= 11 is 2.95. The maximum atomic E-state index is 13.5. The highest BCUT2D eigenvalue weighted by Gasteiger charge is 2.18. The SMILES string of the molecule is COc1ccc(Br)c(F)c1CS(=O)(=O)Cl. The highest BCUT2D eigenvalue weighted by molar-refractivity contribution is 9.10. The van der Waals surface area contributed by atoms with Crippen molar-refractivity contribution in [2.24, 2.45) is 0 Å². The molecule has 0 aromatic heterocycles. The predicted molar refractivity (Wildman–Crippen MR) is 59.1 cm³/mol. The van der Waals surface area contributed by atoms with E-state index < -0.39 is 20.6 Å². The Morgan fingerprint density at radius 1 is 1.53 bits per heavy atom. The van der Waals surface area contributed by atoms with Crippen LogP contribution in [-0.2, 0) is 14.8 Å². The maximum Gasteiger partial charge on any atom is 0.237 e. The Labute approximate surface area is 99.7 Å². The van der Waals surface area contributed by atoms with Gasteiger partial charge in [-0.1, -0.05) is 0 Å². The first kappa shape index (κ1) is 12.7. The molecular formula is C8H7BrClFO3S. The van der Waals surface area contributed by atoms with Gasteiger partial charge in [-0.2, -0.15) is 0 Å². The van der Waals surface area contributed by atoms with Gasteiger partial charge in [0.25, 0.3) is 0 Å². The molecule has 0 aliphatic carbocycles. The number of hydrogen-bond donors (Lipinski definition) is 0. The normalized spacial score (nSPS) is 11.5. The smallest absolute Gasteiger partial charge is 0.237 e. The summed E-state index contributed by atoms with van der Waals surface area (Å²) < 4.78 is 40.3. The zero-order chi connectivity index (χ0) is 11.6. The molecule has 0 fully saturated rings. The minimum Gasteiger partial charge on any atom is -0.496 e. The van der Waals surface area contributed by atoms with Crippen LogP contribution in [0.3, 0.4) is 0 Å². The van der Waals surface area contributed by atoms with Crippen molar-refractivity contribution in [3.05, 3.63) is 28.0 Å². The van der Waals surface area contributed by atoms with Crippen LogP contribution >= 0.6 is 26.6 Å². The highest BCUT2D eigenvalue weighted by Crippen LogP contribution is 2.29. The minimum absolute atomic E-state index is 0.0816. The molecule has 0 amide bonds. The lowest BCUT2D eigenvalue weighted by Crippen LogP contribution is -2.02. The average molecular weight is 318 g/mol. The van der Waals surface area contributed by atoms with Crippen LogP contribution in [0.1, 0.15) is 5.56 Å². The number of rotatable bonds is 3. The third-order valence-electron chi connectivity index (χ3n) is 1.69. The van der Waals surface area contributed by atoms with Crippen molar-refractivity contribution in [3.8, 4) is 5.75 Å². The van der Waals surface area contributed by atoms with Gasteiger partial charge in [0.15, 0.2) is 0 Å². The first-order valence-electron chi connectivity index (χ1n) is 3.78. The van der Waals surface area contributed by atoms with Crippen LogP contribution in [0.2, 0.25) is 0 Å². The van der Waals surface area contributed by atoms with Crippen molar-refractivity contribution in [2.45, 2.75) is 5.75 Å². The molecule has 7 heteroatoms. The fourth-order valence-corrected chi connectivity index (χ4v) is 2.39. The molecule has 0 unspecified atom stereocenters. The van der Waals surface area contributed by atoms with Crippen molar-refractivity contribution < 1.29 is 17.5 Å². The molecule has 1 aromatic rings. The van der Waals surface area contributed by atoms with Gasteiger partial charge in [-0.15, -0.1) is 0 Å². The van der Waals surface area contributed by atoms with E-state index in [2.05, 4.69) is 15.9 Å². The number of hydrogen-bond acceptors (Lipinski definition) is 3. The summed E-state index contributed by atoms with van der Waals surface area (Å²) in [5.74, 6) is -1.14. The quantitative estimate of drug-likeness (QED) is 0.805. The average Bonchev–Trinajstić information content (AvgIpc) is 2.11. The second-order valence-corrected chi connectivity index (χ2v) is 6.36. The van der Waals surface area contributed by atoms with Crippen molar-refractivity contribution in [3.63, 3.8) is 0 Å². The molecular weight excluding hydrogens is 311 g/mol. The number of halogens is 3. The van der Waals surface area contributed by atoms with E-state index in [1.807, 2.05) is 0 Å². The summed E-state index contributed by atoms with van der Waals surface area (Å²) in [7, 11) is 2.56. The second-order valence-electron chi connectivity index (χ2n) is 2.73. The Hall–Kier alpha value is -0.330. The zero-order valence-electron chi connectivity index (χ0n) is 7.63. The van der Waals surface area contributed by atoms with Crippen molar-refractivity contribution in [2.75, 3.05) is 7.11 Å². The van der Waals surface area contributed by atoms with Crippen LogP contribution < -0.4 is 4.74 Å². The standard InChI is InChI=1S/C8H7BrClFO3S/c1-14-7-3-2-6(9)8(11)5(7)4-15(10,12)13/h2-3H,4H2,1H3. The summed E-state index contributed by atoms with van der Waals surface area (Å²) in [5.41, 5.74) is -0.0816. The number of benzene rings is 1. The molecule has 0 aliphatic heterocycles. The van der Waals surface area contributed by atoms with E-state index >= 15 is 0 Å². The van der Waals surface area contributed by atoms with Crippen LogP contribution in [0.4, 0.5) is 4.39 Å². The Balaban J connectivity index is 3.30. The monoisotopic (exact) mass is 316 g/mol. The molecule has 3 nitrogen and oxygen atoms in total.